The normalized spacial score (nSPS) is 19.0. The fourth-order valence-electron chi connectivity index (χ4n) is 2.18. The first kappa shape index (κ1) is 12.9. The monoisotopic (exact) mass is 249 g/mol. The second-order valence-corrected chi connectivity index (χ2v) is 4.36. The van der Waals surface area contributed by atoms with Crippen molar-refractivity contribution in [3.8, 4) is 0 Å². The number of benzene rings is 1. The zero-order chi connectivity index (χ0) is 13.0. The molecule has 0 amide bonds. The molecule has 98 valence electrons. The molecule has 0 spiro atoms. The molecule has 0 saturated carbocycles. The van der Waals surface area contributed by atoms with Gasteiger partial charge in [0.2, 0.25) is 0 Å². The topological polar surface area (TPSA) is 38.8 Å². The van der Waals surface area contributed by atoms with Crippen LogP contribution < -0.4 is 4.90 Å². The van der Waals surface area contributed by atoms with Crippen LogP contribution in [0.2, 0.25) is 0 Å². The van der Waals surface area contributed by atoms with Crippen LogP contribution in [0, 0.1) is 0 Å². The summed E-state index contributed by atoms with van der Waals surface area (Å²) in [6, 6.07) is 7.55. The van der Waals surface area contributed by atoms with Crippen LogP contribution in [-0.2, 0) is 9.47 Å². The number of ether oxygens (including phenoxy) is 2. The van der Waals surface area contributed by atoms with Crippen LogP contribution in [-0.4, -0.2) is 38.9 Å². The first-order valence-corrected chi connectivity index (χ1v) is 6.29. The predicted molar refractivity (Wildman–Crippen MR) is 70.0 cm³/mol. The summed E-state index contributed by atoms with van der Waals surface area (Å²) in [5, 5.41) is 0. The van der Waals surface area contributed by atoms with Crippen LogP contribution in [0.5, 0.6) is 0 Å². The molecule has 0 N–H and O–H groups in total. The van der Waals surface area contributed by atoms with E-state index in [2.05, 4.69) is 4.90 Å². The van der Waals surface area contributed by atoms with Gasteiger partial charge in [-0.3, -0.25) is 0 Å². The molecule has 1 saturated heterocycles. The Balaban J connectivity index is 2.02. The van der Waals surface area contributed by atoms with Crippen LogP contribution >= 0.6 is 0 Å². The molecule has 1 aliphatic heterocycles. The fraction of sp³-hybridized carbons (Fsp3) is 0.500. The number of esters is 1. The maximum Gasteiger partial charge on any atom is 0.338 e. The Morgan fingerprint density at radius 3 is 2.67 bits per heavy atom. The smallest absolute Gasteiger partial charge is 0.338 e. The highest BCUT2D eigenvalue weighted by molar-refractivity contribution is 5.89. The van der Waals surface area contributed by atoms with Gasteiger partial charge in [-0.05, 0) is 37.6 Å². The molecule has 0 bridgehead atoms. The minimum absolute atomic E-state index is 0.264. The number of hydrogen-bond acceptors (Lipinski definition) is 4. The highest BCUT2D eigenvalue weighted by Gasteiger charge is 2.22. The van der Waals surface area contributed by atoms with E-state index in [1.54, 1.807) is 14.0 Å². The lowest BCUT2D eigenvalue weighted by molar-refractivity contribution is 0.0526. The first-order valence-electron chi connectivity index (χ1n) is 6.29. The number of carbonyl (C=O) groups excluding carboxylic acids is 1. The average Bonchev–Trinajstić information content (AvgIpc) is 2.88. The summed E-state index contributed by atoms with van der Waals surface area (Å²) in [5.41, 5.74) is 1.73. The van der Waals surface area contributed by atoms with E-state index in [9.17, 15) is 4.79 Å². The molecule has 1 unspecified atom stereocenters. The highest BCUT2D eigenvalue weighted by atomic mass is 16.5. The van der Waals surface area contributed by atoms with E-state index < -0.39 is 0 Å². The zero-order valence-corrected chi connectivity index (χ0v) is 10.9. The van der Waals surface area contributed by atoms with Crippen molar-refractivity contribution in [2.45, 2.75) is 19.4 Å². The quantitative estimate of drug-likeness (QED) is 0.766. The van der Waals surface area contributed by atoms with E-state index in [-0.39, 0.29) is 5.97 Å². The van der Waals surface area contributed by atoms with Crippen molar-refractivity contribution in [3.63, 3.8) is 0 Å². The van der Waals surface area contributed by atoms with Crippen molar-refractivity contribution in [1.29, 1.82) is 0 Å². The van der Waals surface area contributed by atoms with Gasteiger partial charge < -0.3 is 14.4 Å². The van der Waals surface area contributed by atoms with Crippen molar-refractivity contribution in [2.24, 2.45) is 0 Å². The predicted octanol–water partition coefficient (Wildman–Crippen LogP) is 2.09. The molecular formula is C14H19NO3. The van der Waals surface area contributed by atoms with Gasteiger partial charge in [-0.2, -0.15) is 0 Å². The summed E-state index contributed by atoms with van der Waals surface area (Å²) >= 11 is 0. The van der Waals surface area contributed by atoms with Gasteiger partial charge in [-0.1, -0.05) is 0 Å². The first-order chi connectivity index (χ1) is 8.74. The number of carbonyl (C=O) groups is 1. The van der Waals surface area contributed by atoms with Crippen LogP contribution in [0.25, 0.3) is 0 Å². The number of nitrogens with zero attached hydrogens (tertiary/aromatic N) is 1. The number of rotatable bonds is 4. The molecule has 0 aromatic heterocycles. The van der Waals surface area contributed by atoms with Crippen molar-refractivity contribution >= 4 is 11.7 Å². The molecule has 18 heavy (non-hydrogen) atoms. The van der Waals surface area contributed by atoms with Crippen LogP contribution in [0.15, 0.2) is 24.3 Å². The summed E-state index contributed by atoms with van der Waals surface area (Å²) in [6.45, 7) is 4.12. The maximum atomic E-state index is 11.5. The number of anilines is 1. The average molecular weight is 249 g/mol. The molecule has 0 aliphatic carbocycles. The number of methoxy groups -OCH3 is 1. The molecule has 1 aromatic carbocycles. The SMILES string of the molecule is CCOC(=O)c1ccc(N2CCC(OC)C2)cc1. The van der Waals surface area contributed by atoms with Crippen LogP contribution in [0.3, 0.4) is 0 Å². The van der Waals surface area contributed by atoms with E-state index in [0.717, 1.165) is 25.2 Å². The molecule has 1 heterocycles. The zero-order valence-electron chi connectivity index (χ0n) is 10.9. The van der Waals surface area contributed by atoms with Gasteiger partial charge in [0, 0.05) is 25.9 Å². The Morgan fingerprint density at radius 1 is 1.39 bits per heavy atom. The van der Waals surface area contributed by atoms with Gasteiger partial charge in [-0.15, -0.1) is 0 Å². The lowest BCUT2D eigenvalue weighted by atomic mass is 10.2. The van der Waals surface area contributed by atoms with E-state index in [4.69, 9.17) is 9.47 Å². The third-order valence-electron chi connectivity index (χ3n) is 3.22. The van der Waals surface area contributed by atoms with Crippen molar-refractivity contribution in [3.05, 3.63) is 29.8 Å². The molecule has 1 atom stereocenters. The van der Waals surface area contributed by atoms with Gasteiger partial charge >= 0.3 is 5.97 Å². The Bertz CT molecular complexity index is 402. The van der Waals surface area contributed by atoms with E-state index >= 15 is 0 Å². The fourth-order valence-corrected chi connectivity index (χ4v) is 2.18. The van der Waals surface area contributed by atoms with Gasteiger partial charge in [0.1, 0.15) is 0 Å². The molecule has 1 fully saturated rings. The van der Waals surface area contributed by atoms with Gasteiger partial charge in [0.15, 0.2) is 0 Å². The minimum Gasteiger partial charge on any atom is -0.462 e. The van der Waals surface area contributed by atoms with Gasteiger partial charge in [0.25, 0.3) is 0 Å². The standard InChI is InChI=1S/C14H19NO3/c1-3-18-14(16)11-4-6-12(7-5-11)15-9-8-13(10-15)17-2/h4-7,13H,3,8-10H2,1-2H3. The second-order valence-electron chi connectivity index (χ2n) is 4.36. The Hall–Kier alpha value is -1.55. The molecule has 0 radical (unpaired) electrons. The summed E-state index contributed by atoms with van der Waals surface area (Å²) in [5.74, 6) is -0.264. The lowest BCUT2D eigenvalue weighted by Gasteiger charge is -2.18. The largest absolute Gasteiger partial charge is 0.462 e. The summed E-state index contributed by atoms with van der Waals surface area (Å²) in [7, 11) is 1.75. The molecule has 2 rings (SSSR count). The van der Waals surface area contributed by atoms with Crippen LogP contribution in [0.1, 0.15) is 23.7 Å². The van der Waals surface area contributed by atoms with Crippen molar-refractivity contribution in [2.75, 3.05) is 31.7 Å². The third-order valence-corrected chi connectivity index (χ3v) is 3.22. The lowest BCUT2D eigenvalue weighted by Crippen LogP contribution is -2.22. The summed E-state index contributed by atoms with van der Waals surface area (Å²) in [4.78, 5) is 13.8. The van der Waals surface area contributed by atoms with Crippen molar-refractivity contribution in [1.82, 2.24) is 0 Å². The third kappa shape index (κ3) is 2.82. The van der Waals surface area contributed by atoms with Gasteiger partial charge in [0.05, 0.1) is 18.3 Å². The number of hydrogen-bond donors (Lipinski definition) is 0. The van der Waals surface area contributed by atoms with E-state index in [1.165, 1.54) is 0 Å². The Labute approximate surface area is 107 Å². The molecule has 1 aliphatic rings. The van der Waals surface area contributed by atoms with E-state index in [0.29, 0.717) is 18.3 Å². The maximum absolute atomic E-state index is 11.5. The Morgan fingerprint density at radius 2 is 2.11 bits per heavy atom. The second kappa shape index (κ2) is 5.87. The van der Waals surface area contributed by atoms with E-state index in [1.807, 2.05) is 24.3 Å². The van der Waals surface area contributed by atoms with Crippen molar-refractivity contribution < 1.29 is 14.3 Å². The molecular weight excluding hydrogens is 230 g/mol. The Kier molecular flexibility index (Phi) is 4.20. The van der Waals surface area contributed by atoms with Gasteiger partial charge in [-0.25, -0.2) is 4.79 Å². The van der Waals surface area contributed by atoms with Crippen LogP contribution in [0.4, 0.5) is 5.69 Å². The summed E-state index contributed by atoms with van der Waals surface area (Å²) < 4.78 is 10.3. The molecule has 4 nitrogen and oxygen atoms in total. The minimum atomic E-state index is -0.264. The summed E-state index contributed by atoms with van der Waals surface area (Å²) in [6.07, 6.45) is 1.37. The molecule has 4 heteroatoms. The highest BCUT2D eigenvalue weighted by Crippen LogP contribution is 2.22. The molecule has 1 aromatic rings.